The number of aromatic carboxylic acids is 1. The molecule has 1 aliphatic heterocycles. The summed E-state index contributed by atoms with van der Waals surface area (Å²) in [5.74, 6) is -0.356. The fourth-order valence-corrected chi connectivity index (χ4v) is 5.13. The van der Waals surface area contributed by atoms with Crippen LogP contribution < -0.4 is 5.73 Å². The lowest BCUT2D eigenvalue weighted by Gasteiger charge is -2.30. The molecule has 1 saturated heterocycles. The molecule has 3 N–H and O–H groups in total. The molecule has 3 rings (SSSR count). The average molecular weight is 446 g/mol. The number of aromatic nitrogens is 1. The lowest BCUT2D eigenvalue weighted by atomic mass is 9.98. The SMILES string of the molecule is NC(c1ccc(Cl)c(Cl)c1)[C@H]1CCC(=O)N1CCSc1nc(C(=O)O)cs1. The van der Waals surface area contributed by atoms with Crippen molar-refractivity contribution >= 4 is 58.2 Å². The van der Waals surface area contributed by atoms with Gasteiger partial charge in [0.1, 0.15) is 0 Å². The zero-order chi connectivity index (χ0) is 19.6. The Morgan fingerprint density at radius 2 is 2.22 bits per heavy atom. The number of carboxylic acid groups (broad SMARTS) is 1. The van der Waals surface area contributed by atoms with Gasteiger partial charge >= 0.3 is 5.97 Å². The van der Waals surface area contributed by atoms with Gasteiger partial charge in [-0.1, -0.05) is 41.0 Å². The maximum atomic E-state index is 12.3. The van der Waals surface area contributed by atoms with Crippen LogP contribution >= 0.6 is 46.3 Å². The van der Waals surface area contributed by atoms with Gasteiger partial charge in [-0.25, -0.2) is 9.78 Å². The van der Waals surface area contributed by atoms with E-state index in [9.17, 15) is 9.59 Å². The summed E-state index contributed by atoms with van der Waals surface area (Å²) < 4.78 is 0.671. The molecule has 1 aliphatic rings. The molecule has 144 valence electrons. The average Bonchev–Trinajstić information content (AvgIpc) is 3.24. The van der Waals surface area contributed by atoms with Crippen LogP contribution in [0.2, 0.25) is 10.0 Å². The molecule has 0 bridgehead atoms. The van der Waals surface area contributed by atoms with Crippen molar-refractivity contribution < 1.29 is 14.7 Å². The van der Waals surface area contributed by atoms with Gasteiger partial charge in [-0.15, -0.1) is 11.3 Å². The second-order valence-corrected chi connectivity index (χ2v) is 9.06. The van der Waals surface area contributed by atoms with Crippen molar-refractivity contribution in [2.75, 3.05) is 12.3 Å². The lowest BCUT2D eigenvalue weighted by molar-refractivity contribution is -0.128. The Kier molecular flexibility index (Phi) is 6.65. The van der Waals surface area contributed by atoms with Crippen LogP contribution in [0.5, 0.6) is 0 Å². The minimum absolute atomic E-state index is 0.0410. The number of hydrogen-bond acceptors (Lipinski definition) is 6. The maximum absolute atomic E-state index is 12.3. The first-order valence-electron chi connectivity index (χ1n) is 8.18. The van der Waals surface area contributed by atoms with E-state index in [-0.39, 0.29) is 23.7 Å². The molecule has 0 aliphatic carbocycles. The highest BCUT2D eigenvalue weighted by Crippen LogP contribution is 2.32. The van der Waals surface area contributed by atoms with Gasteiger partial charge in [0.05, 0.1) is 22.1 Å². The predicted octanol–water partition coefficient (Wildman–Crippen LogP) is 3.93. The van der Waals surface area contributed by atoms with E-state index >= 15 is 0 Å². The number of rotatable bonds is 7. The van der Waals surface area contributed by atoms with Gasteiger partial charge in [-0.05, 0) is 24.1 Å². The van der Waals surface area contributed by atoms with Crippen LogP contribution in [-0.4, -0.2) is 45.2 Å². The van der Waals surface area contributed by atoms with Crippen molar-refractivity contribution in [3.63, 3.8) is 0 Å². The number of thiazole rings is 1. The quantitative estimate of drug-likeness (QED) is 0.626. The summed E-state index contributed by atoms with van der Waals surface area (Å²) in [4.78, 5) is 29.0. The third-order valence-electron chi connectivity index (χ3n) is 4.38. The number of nitrogens with zero attached hydrogens (tertiary/aromatic N) is 2. The molecule has 1 fully saturated rings. The predicted molar refractivity (Wildman–Crippen MR) is 108 cm³/mol. The summed E-state index contributed by atoms with van der Waals surface area (Å²) in [5.41, 5.74) is 7.29. The summed E-state index contributed by atoms with van der Waals surface area (Å²) in [6, 6.07) is 4.82. The molecule has 2 heterocycles. The number of halogens is 2. The molecule has 6 nitrogen and oxygen atoms in total. The fourth-order valence-electron chi connectivity index (χ4n) is 3.01. The Bertz CT molecular complexity index is 862. The van der Waals surface area contributed by atoms with Crippen molar-refractivity contribution in [2.24, 2.45) is 5.73 Å². The van der Waals surface area contributed by atoms with Crippen LogP contribution in [0.25, 0.3) is 0 Å². The Morgan fingerprint density at radius 3 is 2.89 bits per heavy atom. The molecule has 27 heavy (non-hydrogen) atoms. The summed E-state index contributed by atoms with van der Waals surface area (Å²) in [7, 11) is 0. The van der Waals surface area contributed by atoms with Crippen molar-refractivity contribution in [2.45, 2.75) is 29.3 Å². The fraction of sp³-hybridized carbons (Fsp3) is 0.353. The van der Waals surface area contributed by atoms with Gasteiger partial charge in [0.25, 0.3) is 0 Å². The van der Waals surface area contributed by atoms with Crippen molar-refractivity contribution in [3.8, 4) is 0 Å². The maximum Gasteiger partial charge on any atom is 0.355 e. The molecular formula is C17H17Cl2N3O3S2. The van der Waals surface area contributed by atoms with Gasteiger partial charge in [0.15, 0.2) is 10.0 Å². The molecule has 10 heteroatoms. The second kappa shape index (κ2) is 8.79. The highest BCUT2D eigenvalue weighted by molar-refractivity contribution is 8.01. The molecule has 0 saturated carbocycles. The number of likely N-dealkylation sites (tertiary alicyclic amines) is 1. The van der Waals surface area contributed by atoms with Gasteiger partial charge in [-0.2, -0.15) is 0 Å². The monoisotopic (exact) mass is 445 g/mol. The van der Waals surface area contributed by atoms with E-state index in [0.29, 0.717) is 39.5 Å². The summed E-state index contributed by atoms with van der Waals surface area (Å²) in [5, 5.41) is 11.3. The van der Waals surface area contributed by atoms with Crippen LogP contribution in [0.1, 0.15) is 34.9 Å². The van der Waals surface area contributed by atoms with Gasteiger partial charge < -0.3 is 15.7 Å². The van der Waals surface area contributed by atoms with Gasteiger partial charge in [-0.3, -0.25) is 4.79 Å². The molecule has 1 amide bonds. The first-order chi connectivity index (χ1) is 12.9. The Balaban J connectivity index is 1.63. The Hall–Kier alpha value is -1.32. The highest BCUT2D eigenvalue weighted by atomic mass is 35.5. The number of thioether (sulfide) groups is 1. The number of carbonyl (C=O) groups is 2. The van der Waals surface area contributed by atoms with Gasteiger partial charge in [0.2, 0.25) is 5.91 Å². The summed E-state index contributed by atoms with van der Waals surface area (Å²) in [6.45, 7) is 0.519. The van der Waals surface area contributed by atoms with Crippen molar-refractivity contribution in [1.29, 1.82) is 0 Å². The van der Waals surface area contributed by atoms with E-state index in [0.717, 1.165) is 5.56 Å². The van der Waals surface area contributed by atoms with Crippen molar-refractivity contribution in [3.05, 3.63) is 44.9 Å². The van der Waals surface area contributed by atoms with E-state index in [1.54, 1.807) is 17.0 Å². The molecule has 2 aromatic rings. The molecule has 0 radical (unpaired) electrons. The molecule has 1 unspecified atom stereocenters. The Labute approximate surface area is 174 Å². The molecular weight excluding hydrogens is 429 g/mol. The highest BCUT2D eigenvalue weighted by Gasteiger charge is 2.35. The van der Waals surface area contributed by atoms with Crippen LogP contribution in [0.3, 0.4) is 0 Å². The first-order valence-corrected chi connectivity index (χ1v) is 10.8. The van der Waals surface area contributed by atoms with Crippen molar-refractivity contribution in [1.82, 2.24) is 9.88 Å². The standard InChI is InChI=1S/C17H17Cl2N3O3S2/c18-10-2-1-9(7-11(10)19)15(20)13-3-4-14(23)22(13)5-6-26-17-21-12(8-27-17)16(24)25/h1-2,7-8,13,15H,3-6,20H2,(H,24,25)/t13-,15?/m1/s1. The third-order valence-corrected chi connectivity index (χ3v) is 7.12. The number of carbonyl (C=O) groups excluding carboxylic acids is 1. The van der Waals surface area contributed by atoms with E-state index in [2.05, 4.69) is 4.98 Å². The van der Waals surface area contributed by atoms with Crippen LogP contribution in [0.4, 0.5) is 0 Å². The second-order valence-electron chi connectivity index (χ2n) is 6.04. The molecule has 0 spiro atoms. The van der Waals surface area contributed by atoms with Crippen LogP contribution in [0, 0.1) is 0 Å². The topological polar surface area (TPSA) is 96.5 Å². The number of hydrogen-bond donors (Lipinski definition) is 2. The first kappa shape index (κ1) is 20.4. The minimum Gasteiger partial charge on any atom is -0.476 e. The summed E-state index contributed by atoms with van der Waals surface area (Å²) in [6.07, 6.45) is 1.15. The minimum atomic E-state index is -1.04. The smallest absolute Gasteiger partial charge is 0.355 e. The third kappa shape index (κ3) is 4.75. The number of carboxylic acids is 1. The zero-order valence-electron chi connectivity index (χ0n) is 14.1. The molecule has 1 aromatic carbocycles. The zero-order valence-corrected chi connectivity index (χ0v) is 17.2. The van der Waals surface area contributed by atoms with E-state index in [1.165, 1.54) is 28.5 Å². The van der Waals surface area contributed by atoms with Crippen LogP contribution in [-0.2, 0) is 4.79 Å². The number of amides is 1. The largest absolute Gasteiger partial charge is 0.476 e. The lowest BCUT2D eigenvalue weighted by Crippen LogP contribution is -2.41. The normalized spacial score (nSPS) is 18.1. The molecule has 2 atom stereocenters. The van der Waals surface area contributed by atoms with Gasteiger partial charge in [0, 0.05) is 24.1 Å². The van der Waals surface area contributed by atoms with E-state index < -0.39 is 5.97 Å². The Morgan fingerprint density at radius 1 is 1.44 bits per heavy atom. The van der Waals surface area contributed by atoms with E-state index in [4.69, 9.17) is 34.0 Å². The summed E-state index contributed by atoms with van der Waals surface area (Å²) >= 11 is 14.8. The number of nitrogens with two attached hydrogens (primary N) is 1. The van der Waals surface area contributed by atoms with Crippen LogP contribution in [0.15, 0.2) is 27.9 Å². The molecule has 1 aromatic heterocycles. The van der Waals surface area contributed by atoms with E-state index in [1.807, 2.05) is 6.07 Å². The number of benzene rings is 1.